The molecule has 0 spiro atoms. The number of likely N-dealkylation sites (tertiary alicyclic amines) is 1. The highest BCUT2D eigenvalue weighted by Gasteiger charge is 2.22. The summed E-state index contributed by atoms with van der Waals surface area (Å²) in [5, 5.41) is 3.27. The quantitative estimate of drug-likeness (QED) is 0.265. The van der Waals surface area contributed by atoms with Crippen molar-refractivity contribution in [1.29, 1.82) is 0 Å². The van der Waals surface area contributed by atoms with E-state index < -0.39 is 0 Å². The molecule has 26 heavy (non-hydrogen) atoms. The topological polar surface area (TPSA) is 15.3 Å². The lowest BCUT2D eigenvalue weighted by molar-refractivity contribution is 0.116. The van der Waals surface area contributed by atoms with E-state index in [0.29, 0.717) is 0 Å². The van der Waals surface area contributed by atoms with Crippen LogP contribution >= 0.6 is 12.6 Å². The summed E-state index contributed by atoms with van der Waals surface area (Å²) in [6.45, 7) is 23.5. The molecule has 0 aliphatic carbocycles. The third kappa shape index (κ3) is 14.7. The standard InChI is InChI=1S/C13H27N.C8H15NS.C2H6/c1-4-7-13(8-5-2)14-10-6-9-12(3)11-14;1-6(2)7(3)5-9-8(4)10;1-2/h12-13H,4-11H2,1-3H3;5,8-10H,1H2,2-4H3;1-2H3/b;7-5+;. The van der Waals surface area contributed by atoms with Crippen LogP contribution < -0.4 is 5.32 Å². The molecule has 0 aromatic heterocycles. The first-order valence-electron chi connectivity index (χ1n) is 10.8. The van der Waals surface area contributed by atoms with Crippen LogP contribution in [0.2, 0.25) is 0 Å². The first-order chi connectivity index (χ1) is 12.3. The minimum atomic E-state index is 0.203. The minimum absolute atomic E-state index is 0.203. The van der Waals surface area contributed by atoms with Crippen molar-refractivity contribution in [1.82, 2.24) is 10.2 Å². The fourth-order valence-electron chi connectivity index (χ4n) is 3.10. The Hall–Kier alpha value is -0.410. The van der Waals surface area contributed by atoms with Gasteiger partial charge in [-0.25, -0.2) is 0 Å². The highest BCUT2D eigenvalue weighted by molar-refractivity contribution is 7.80. The lowest BCUT2D eigenvalue weighted by atomic mass is 9.96. The van der Waals surface area contributed by atoms with Crippen LogP contribution in [0.3, 0.4) is 0 Å². The molecule has 0 radical (unpaired) electrons. The van der Waals surface area contributed by atoms with Crippen LogP contribution in [0.25, 0.3) is 0 Å². The zero-order chi connectivity index (χ0) is 20.5. The Morgan fingerprint density at radius 1 is 1.23 bits per heavy atom. The Bertz CT molecular complexity index is 354. The molecule has 0 amide bonds. The molecule has 1 aliphatic heterocycles. The molecule has 1 saturated heterocycles. The summed E-state index contributed by atoms with van der Waals surface area (Å²) in [6.07, 6.45) is 10.3. The van der Waals surface area contributed by atoms with Gasteiger partial charge in [0.05, 0.1) is 5.37 Å². The van der Waals surface area contributed by atoms with Gasteiger partial charge in [-0.3, -0.25) is 0 Å². The van der Waals surface area contributed by atoms with E-state index in [-0.39, 0.29) is 5.37 Å². The summed E-state index contributed by atoms with van der Waals surface area (Å²) in [7, 11) is 0. The number of nitrogens with zero attached hydrogens (tertiary/aromatic N) is 1. The van der Waals surface area contributed by atoms with E-state index in [9.17, 15) is 0 Å². The van der Waals surface area contributed by atoms with Crippen LogP contribution in [0.1, 0.15) is 93.9 Å². The monoisotopic (exact) mass is 384 g/mol. The van der Waals surface area contributed by atoms with Gasteiger partial charge in [0, 0.05) is 18.8 Å². The van der Waals surface area contributed by atoms with E-state index in [1.54, 1.807) is 0 Å². The van der Waals surface area contributed by atoms with E-state index in [1.807, 2.05) is 40.8 Å². The smallest absolute Gasteiger partial charge is 0.0659 e. The Labute approximate surface area is 171 Å². The molecule has 0 aromatic rings. The predicted molar refractivity (Wildman–Crippen MR) is 125 cm³/mol. The predicted octanol–water partition coefficient (Wildman–Crippen LogP) is 7.05. The van der Waals surface area contributed by atoms with E-state index >= 15 is 0 Å². The van der Waals surface area contributed by atoms with Crippen LogP contribution in [0, 0.1) is 5.92 Å². The molecule has 0 bridgehead atoms. The number of rotatable bonds is 8. The summed E-state index contributed by atoms with van der Waals surface area (Å²) in [5.41, 5.74) is 2.25. The summed E-state index contributed by atoms with van der Waals surface area (Å²) >= 11 is 4.16. The molecule has 1 N–H and O–H groups in total. The van der Waals surface area contributed by atoms with Gasteiger partial charge in [0.25, 0.3) is 0 Å². The summed E-state index contributed by atoms with van der Waals surface area (Å²) in [4.78, 5) is 2.75. The molecule has 2 unspecified atom stereocenters. The average Bonchev–Trinajstić information content (AvgIpc) is 2.61. The van der Waals surface area contributed by atoms with E-state index in [4.69, 9.17) is 0 Å². The SMILES string of the molecule is C=C(C)/C(C)=C/NC(C)S.CC.CCCC(CCC)N1CCCC(C)C1. The van der Waals surface area contributed by atoms with Crippen molar-refractivity contribution in [3.63, 3.8) is 0 Å². The van der Waals surface area contributed by atoms with Gasteiger partial charge >= 0.3 is 0 Å². The first kappa shape index (κ1) is 27.8. The molecule has 1 aliphatic rings. The molecule has 2 atom stereocenters. The number of hydrogen-bond donors (Lipinski definition) is 2. The maximum Gasteiger partial charge on any atom is 0.0659 e. The number of hydrogen-bond acceptors (Lipinski definition) is 3. The van der Waals surface area contributed by atoms with Gasteiger partial charge in [0.1, 0.15) is 0 Å². The Balaban J connectivity index is 0. The lowest BCUT2D eigenvalue weighted by Crippen LogP contribution is -2.42. The molecule has 1 rings (SSSR count). The largest absolute Gasteiger partial charge is 0.379 e. The molecule has 3 heteroatoms. The van der Waals surface area contributed by atoms with Gasteiger partial charge in [-0.15, -0.1) is 0 Å². The van der Waals surface area contributed by atoms with Crippen molar-refractivity contribution in [2.24, 2.45) is 5.92 Å². The van der Waals surface area contributed by atoms with Crippen LogP contribution in [-0.4, -0.2) is 29.4 Å². The maximum atomic E-state index is 4.16. The highest BCUT2D eigenvalue weighted by Crippen LogP contribution is 2.22. The summed E-state index contributed by atoms with van der Waals surface area (Å²) in [6, 6.07) is 0.882. The number of allylic oxidation sites excluding steroid dienone is 2. The van der Waals surface area contributed by atoms with Crippen molar-refractivity contribution in [3.8, 4) is 0 Å². The lowest BCUT2D eigenvalue weighted by Gasteiger charge is -2.37. The second kappa shape index (κ2) is 18.0. The number of nitrogens with one attached hydrogen (secondary N) is 1. The fraction of sp³-hybridized carbons (Fsp3) is 0.826. The van der Waals surface area contributed by atoms with Gasteiger partial charge in [-0.1, -0.05) is 59.6 Å². The Kier molecular flexibility index (Phi) is 19.2. The molecule has 1 fully saturated rings. The van der Waals surface area contributed by atoms with Gasteiger partial charge in [0.15, 0.2) is 0 Å². The van der Waals surface area contributed by atoms with Crippen LogP contribution in [0.15, 0.2) is 23.9 Å². The van der Waals surface area contributed by atoms with Gasteiger partial charge in [0.2, 0.25) is 0 Å². The molecular weight excluding hydrogens is 336 g/mol. The minimum Gasteiger partial charge on any atom is -0.379 e. The normalized spacial score (nSPS) is 19.0. The van der Waals surface area contributed by atoms with E-state index in [0.717, 1.165) is 17.5 Å². The zero-order valence-electron chi connectivity index (χ0n) is 19.1. The summed E-state index contributed by atoms with van der Waals surface area (Å²) < 4.78 is 0. The molecular formula is C23H48N2S. The second-order valence-electron chi connectivity index (χ2n) is 7.42. The average molecular weight is 385 g/mol. The fourth-order valence-corrected chi connectivity index (χ4v) is 3.18. The number of piperidine rings is 1. The van der Waals surface area contributed by atoms with Gasteiger partial charge in [-0.2, -0.15) is 12.6 Å². The molecule has 156 valence electrons. The van der Waals surface area contributed by atoms with E-state index in [2.05, 4.69) is 50.2 Å². The zero-order valence-corrected chi connectivity index (χ0v) is 20.0. The van der Waals surface area contributed by atoms with Gasteiger partial charge in [-0.05, 0) is 64.5 Å². The van der Waals surface area contributed by atoms with E-state index in [1.165, 1.54) is 57.2 Å². The second-order valence-corrected chi connectivity index (χ2v) is 8.20. The molecule has 2 nitrogen and oxygen atoms in total. The highest BCUT2D eigenvalue weighted by atomic mass is 32.1. The molecule has 0 saturated carbocycles. The van der Waals surface area contributed by atoms with Crippen molar-refractivity contribution >= 4 is 12.6 Å². The molecule has 1 heterocycles. The third-order valence-electron chi connectivity index (χ3n) is 4.66. The third-order valence-corrected chi connectivity index (χ3v) is 4.81. The van der Waals surface area contributed by atoms with Crippen LogP contribution in [0.5, 0.6) is 0 Å². The number of thiol groups is 1. The maximum absolute atomic E-state index is 4.16. The van der Waals surface area contributed by atoms with Gasteiger partial charge < -0.3 is 10.2 Å². The van der Waals surface area contributed by atoms with Crippen LogP contribution in [-0.2, 0) is 0 Å². The Morgan fingerprint density at radius 3 is 2.15 bits per heavy atom. The van der Waals surface area contributed by atoms with Crippen molar-refractivity contribution in [2.45, 2.75) is 105 Å². The van der Waals surface area contributed by atoms with Crippen molar-refractivity contribution in [3.05, 3.63) is 23.9 Å². The first-order valence-corrected chi connectivity index (χ1v) is 11.3. The Morgan fingerprint density at radius 2 is 1.77 bits per heavy atom. The van der Waals surface area contributed by atoms with Crippen LogP contribution in [0.4, 0.5) is 0 Å². The van der Waals surface area contributed by atoms with Crippen molar-refractivity contribution < 1.29 is 0 Å². The van der Waals surface area contributed by atoms with Crippen molar-refractivity contribution in [2.75, 3.05) is 13.1 Å². The molecule has 0 aromatic carbocycles. The summed E-state index contributed by atoms with van der Waals surface area (Å²) in [5.74, 6) is 0.931.